The fourth-order valence-electron chi connectivity index (χ4n) is 3.28. The van der Waals surface area contributed by atoms with E-state index < -0.39 is 0 Å². The highest BCUT2D eigenvalue weighted by molar-refractivity contribution is 5.79. The fraction of sp³-hybridized carbons (Fsp3) is 0.333. The second-order valence-corrected chi connectivity index (χ2v) is 6.65. The van der Waals surface area contributed by atoms with Crippen molar-refractivity contribution >= 4 is 12.3 Å². The molecular weight excluding hydrogens is 332 g/mol. The smallest absolute Gasteiger partial charge is 0.308 e. The van der Waals surface area contributed by atoms with Gasteiger partial charge in [0, 0.05) is 0 Å². The van der Waals surface area contributed by atoms with Gasteiger partial charge in [-0.15, -0.1) is 0 Å². The third-order valence-electron chi connectivity index (χ3n) is 4.77. The van der Waals surface area contributed by atoms with Crippen molar-refractivity contribution in [3.8, 4) is 11.5 Å². The largest absolute Gasteiger partial charge is 0.507 e. The van der Waals surface area contributed by atoms with E-state index in [0.717, 1.165) is 35.3 Å². The summed E-state index contributed by atoms with van der Waals surface area (Å²) in [4.78, 5) is 22.7. The van der Waals surface area contributed by atoms with Crippen molar-refractivity contribution in [2.75, 3.05) is 7.11 Å². The Morgan fingerprint density at radius 3 is 2.88 bits per heavy atom. The summed E-state index contributed by atoms with van der Waals surface area (Å²) in [7, 11) is 1.39. The lowest BCUT2D eigenvalue weighted by Crippen LogP contribution is -2.17. The second kappa shape index (κ2) is 7.60. The van der Waals surface area contributed by atoms with Gasteiger partial charge in [-0.3, -0.25) is 9.59 Å². The average Bonchev–Trinajstić information content (AvgIpc) is 2.67. The third kappa shape index (κ3) is 3.72. The molecule has 5 heteroatoms. The van der Waals surface area contributed by atoms with E-state index in [1.807, 2.05) is 25.1 Å². The number of phenols is 1. The number of aromatic hydroxyl groups is 1. The van der Waals surface area contributed by atoms with Gasteiger partial charge in [-0.2, -0.15) is 0 Å². The van der Waals surface area contributed by atoms with E-state index in [9.17, 15) is 14.7 Å². The number of esters is 1. The molecule has 5 nitrogen and oxygen atoms in total. The van der Waals surface area contributed by atoms with Crippen LogP contribution in [0.1, 0.15) is 46.5 Å². The van der Waals surface area contributed by atoms with Crippen molar-refractivity contribution in [3.05, 3.63) is 58.7 Å². The first-order chi connectivity index (χ1) is 12.5. The average molecular weight is 354 g/mol. The van der Waals surface area contributed by atoms with E-state index in [-0.39, 0.29) is 29.3 Å². The minimum atomic E-state index is -0.230. The molecule has 2 atom stereocenters. The Morgan fingerprint density at radius 1 is 1.35 bits per heavy atom. The van der Waals surface area contributed by atoms with E-state index >= 15 is 0 Å². The van der Waals surface area contributed by atoms with Gasteiger partial charge >= 0.3 is 5.97 Å². The molecule has 3 rings (SSSR count). The zero-order chi connectivity index (χ0) is 18.7. The normalized spacial score (nSPS) is 16.9. The van der Waals surface area contributed by atoms with Gasteiger partial charge in [0.15, 0.2) is 6.29 Å². The molecule has 1 heterocycles. The summed E-state index contributed by atoms with van der Waals surface area (Å²) in [5.74, 6) is 0.326. The van der Waals surface area contributed by atoms with Crippen LogP contribution in [0.3, 0.4) is 0 Å². The van der Waals surface area contributed by atoms with E-state index in [4.69, 9.17) is 9.47 Å². The van der Waals surface area contributed by atoms with Gasteiger partial charge in [-0.05, 0) is 54.2 Å². The Hall–Kier alpha value is -2.82. The number of aldehydes is 1. The second-order valence-electron chi connectivity index (χ2n) is 6.65. The first-order valence-electron chi connectivity index (χ1n) is 8.66. The summed E-state index contributed by atoms with van der Waals surface area (Å²) in [5, 5.41) is 9.67. The highest BCUT2D eigenvalue weighted by Gasteiger charge is 2.23. The van der Waals surface area contributed by atoms with Crippen LogP contribution in [0.25, 0.3) is 0 Å². The summed E-state index contributed by atoms with van der Waals surface area (Å²) >= 11 is 0. The first-order valence-corrected chi connectivity index (χ1v) is 8.66. The van der Waals surface area contributed by atoms with E-state index in [1.54, 1.807) is 12.1 Å². The molecule has 0 bridgehead atoms. The standard InChI is InChI=1S/C21H22O5/c1-13(21(24)25-2)9-14-3-4-15-6-8-19(26-20(15)10-14)16-5-7-18(23)17(11-16)12-22/h3-5,7,10-13,19,23H,6,8-9H2,1-2H3. The maximum atomic E-state index is 11.6. The van der Waals surface area contributed by atoms with E-state index in [0.29, 0.717) is 12.7 Å². The zero-order valence-electron chi connectivity index (χ0n) is 14.9. The first kappa shape index (κ1) is 18.0. The molecule has 0 spiro atoms. The van der Waals surface area contributed by atoms with Crippen molar-refractivity contribution < 1.29 is 24.2 Å². The van der Waals surface area contributed by atoms with Crippen molar-refractivity contribution in [2.24, 2.45) is 5.92 Å². The van der Waals surface area contributed by atoms with Crippen LogP contribution in [0.5, 0.6) is 11.5 Å². The van der Waals surface area contributed by atoms with Crippen LogP contribution in [-0.4, -0.2) is 24.5 Å². The van der Waals surface area contributed by atoms with Gasteiger partial charge in [0.05, 0.1) is 18.6 Å². The Kier molecular flexibility index (Phi) is 5.26. The van der Waals surface area contributed by atoms with Crippen LogP contribution < -0.4 is 4.74 Å². The molecule has 0 saturated heterocycles. The van der Waals surface area contributed by atoms with Gasteiger partial charge in [0.25, 0.3) is 0 Å². The number of rotatable bonds is 5. The summed E-state index contributed by atoms with van der Waals surface area (Å²) in [6.07, 6.45) is 2.72. The maximum absolute atomic E-state index is 11.6. The molecule has 136 valence electrons. The molecule has 0 aliphatic carbocycles. The van der Waals surface area contributed by atoms with Gasteiger partial charge in [-0.1, -0.05) is 25.1 Å². The Morgan fingerprint density at radius 2 is 2.15 bits per heavy atom. The molecular formula is C21H22O5. The SMILES string of the molecule is COC(=O)C(C)Cc1ccc2c(c1)OC(c1ccc(O)c(C=O)c1)CC2. The Balaban J connectivity index is 1.80. The van der Waals surface area contributed by atoms with Crippen LogP contribution in [0.4, 0.5) is 0 Å². The Labute approximate surface area is 152 Å². The molecule has 1 aliphatic heterocycles. The molecule has 0 radical (unpaired) electrons. The van der Waals surface area contributed by atoms with Crippen molar-refractivity contribution in [2.45, 2.75) is 32.3 Å². The maximum Gasteiger partial charge on any atom is 0.308 e. The van der Waals surface area contributed by atoms with Crippen molar-refractivity contribution in [1.82, 2.24) is 0 Å². The summed E-state index contributed by atoms with van der Waals surface area (Å²) < 4.78 is 10.9. The number of fused-ring (bicyclic) bond motifs is 1. The van der Waals surface area contributed by atoms with Gasteiger partial charge in [0.2, 0.25) is 0 Å². The van der Waals surface area contributed by atoms with Crippen LogP contribution in [0, 0.1) is 5.92 Å². The summed E-state index contributed by atoms with van der Waals surface area (Å²) in [6.45, 7) is 1.84. The molecule has 2 aromatic carbocycles. The number of aryl methyl sites for hydroxylation is 1. The lowest BCUT2D eigenvalue weighted by Gasteiger charge is -2.27. The van der Waals surface area contributed by atoms with Crippen LogP contribution in [-0.2, 0) is 22.4 Å². The number of carbonyl (C=O) groups excluding carboxylic acids is 2. The predicted molar refractivity (Wildman–Crippen MR) is 96.5 cm³/mol. The minimum Gasteiger partial charge on any atom is -0.507 e. The summed E-state index contributed by atoms with van der Waals surface area (Å²) in [5.41, 5.74) is 3.27. The molecule has 0 amide bonds. The quantitative estimate of drug-likeness (QED) is 0.656. The van der Waals surface area contributed by atoms with Crippen LogP contribution in [0.15, 0.2) is 36.4 Å². The van der Waals surface area contributed by atoms with E-state index in [1.165, 1.54) is 13.2 Å². The van der Waals surface area contributed by atoms with Crippen LogP contribution >= 0.6 is 0 Å². The molecule has 2 unspecified atom stereocenters. The molecule has 0 saturated carbocycles. The number of hydrogen-bond acceptors (Lipinski definition) is 5. The van der Waals surface area contributed by atoms with Crippen molar-refractivity contribution in [1.29, 1.82) is 0 Å². The number of hydrogen-bond donors (Lipinski definition) is 1. The van der Waals surface area contributed by atoms with Gasteiger partial charge in [0.1, 0.15) is 17.6 Å². The number of carbonyl (C=O) groups is 2. The zero-order valence-corrected chi connectivity index (χ0v) is 14.9. The van der Waals surface area contributed by atoms with Gasteiger partial charge in [-0.25, -0.2) is 0 Å². The lowest BCUT2D eigenvalue weighted by molar-refractivity contribution is -0.144. The molecule has 0 aromatic heterocycles. The highest BCUT2D eigenvalue weighted by Crippen LogP contribution is 2.36. The molecule has 2 aromatic rings. The number of benzene rings is 2. The number of ether oxygens (including phenoxy) is 2. The predicted octanol–water partition coefficient (Wildman–Crippen LogP) is 3.62. The monoisotopic (exact) mass is 354 g/mol. The fourth-order valence-corrected chi connectivity index (χ4v) is 3.28. The molecule has 1 aliphatic rings. The van der Waals surface area contributed by atoms with Gasteiger partial charge < -0.3 is 14.6 Å². The minimum absolute atomic E-state index is 0.0287. The Bertz CT molecular complexity index is 827. The molecule has 0 fully saturated rings. The van der Waals surface area contributed by atoms with E-state index in [2.05, 4.69) is 0 Å². The lowest BCUT2D eigenvalue weighted by atomic mass is 9.94. The molecule has 26 heavy (non-hydrogen) atoms. The number of phenolic OH excluding ortho intramolecular Hbond substituents is 1. The van der Waals surface area contributed by atoms with Crippen LogP contribution in [0.2, 0.25) is 0 Å². The van der Waals surface area contributed by atoms with Crippen molar-refractivity contribution in [3.63, 3.8) is 0 Å². The third-order valence-corrected chi connectivity index (χ3v) is 4.77. The highest BCUT2D eigenvalue weighted by atomic mass is 16.5. The summed E-state index contributed by atoms with van der Waals surface area (Å²) in [6, 6.07) is 11.0. The topological polar surface area (TPSA) is 72.8 Å². The number of methoxy groups -OCH3 is 1. The molecule has 1 N–H and O–H groups in total.